The smallest absolute Gasteiger partial charge is 0.175 e. The van der Waals surface area contributed by atoms with Gasteiger partial charge in [-0.1, -0.05) is 12.5 Å². The second-order valence-electron chi connectivity index (χ2n) is 4.50. The molecule has 0 radical (unpaired) electrons. The molecule has 1 N–H and O–H groups in total. The lowest BCUT2D eigenvalue weighted by Crippen LogP contribution is -2.27. The first-order valence-corrected chi connectivity index (χ1v) is 6.97. The molecule has 1 atom stereocenters. The average Bonchev–Trinajstić information content (AvgIpc) is 2.40. The number of hydrogen-bond acceptors (Lipinski definition) is 3. The van der Waals surface area contributed by atoms with Crippen LogP contribution >= 0.6 is 15.9 Å². The first-order chi connectivity index (χ1) is 8.36. The van der Waals surface area contributed by atoms with Gasteiger partial charge in [-0.05, 0) is 46.9 Å². The van der Waals surface area contributed by atoms with Crippen LogP contribution in [0, 0.1) is 0 Å². The largest absolute Gasteiger partial charge is 0.486 e. The van der Waals surface area contributed by atoms with Crippen molar-refractivity contribution in [1.82, 2.24) is 5.32 Å². The van der Waals surface area contributed by atoms with E-state index in [9.17, 15) is 0 Å². The zero-order valence-electron chi connectivity index (χ0n) is 9.67. The van der Waals surface area contributed by atoms with Gasteiger partial charge in [-0.2, -0.15) is 0 Å². The fourth-order valence-electron chi connectivity index (χ4n) is 2.48. The van der Waals surface area contributed by atoms with Gasteiger partial charge in [-0.15, -0.1) is 0 Å². The molecule has 1 fully saturated rings. The summed E-state index contributed by atoms with van der Waals surface area (Å²) < 4.78 is 12.3. The van der Waals surface area contributed by atoms with Crippen LogP contribution in [-0.2, 0) is 0 Å². The predicted molar refractivity (Wildman–Crippen MR) is 69.7 cm³/mol. The standard InChI is InChI=1S/C13H16BrNO2/c14-12-9(10-3-1-2-6-15-10)4-5-11-13(12)17-8-7-16-11/h4-5,10,15H,1-3,6-8H2. The van der Waals surface area contributed by atoms with E-state index in [1.807, 2.05) is 6.07 Å². The zero-order chi connectivity index (χ0) is 11.7. The Bertz CT molecular complexity index is 416. The molecule has 17 heavy (non-hydrogen) atoms. The highest BCUT2D eigenvalue weighted by Gasteiger charge is 2.23. The van der Waals surface area contributed by atoms with Gasteiger partial charge in [-0.3, -0.25) is 0 Å². The SMILES string of the molecule is Brc1c(C2CCCCN2)ccc2c1OCCO2. The maximum absolute atomic E-state index is 5.69. The van der Waals surface area contributed by atoms with E-state index < -0.39 is 0 Å². The summed E-state index contributed by atoms with van der Waals surface area (Å²) in [7, 11) is 0. The van der Waals surface area contributed by atoms with Crippen molar-refractivity contribution >= 4 is 15.9 Å². The van der Waals surface area contributed by atoms with E-state index in [1.54, 1.807) is 0 Å². The summed E-state index contributed by atoms with van der Waals surface area (Å²) in [5.41, 5.74) is 1.29. The van der Waals surface area contributed by atoms with Crippen LogP contribution in [0.5, 0.6) is 11.5 Å². The third-order valence-corrected chi connectivity index (χ3v) is 4.18. The summed E-state index contributed by atoms with van der Waals surface area (Å²) in [6.07, 6.45) is 3.76. The molecule has 0 saturated carbocycles. The summed E-state index contributed by atoms with van der Waals surface area (Å²) >= 11 is 3.66. The molecule has 1 unspecified atom stereocenters. The van der Waals surface area contributed by atoms with Crippen LogP contribution in [0.4, 0.5) is 0 Å². The summed E-state index contributed by atoms with van der Waals surface area (Å²) in [5, 5.41) is 3.56. The van der Waals surface area contributed by atoms with Crippen LogP contribution in [0.2, 0.25) is 0 Å². The second-order valence-corrected chi connectivity index (χ2v) is 5.29. The van der Waals surface area contributed by atoms with Crippen LogP contribution in [-0.4, -0.2) is 19.8 Å². The van der Waals surface area contributed by atoms with Crippen molar-refractivity contribution in [2.75, 3.05) is 19.8 Å². The first kappa shape index (κ1) is 11.4. The van der Waals surface area contributed by atoms with Crippen molar-refractivity contribution in [3.05, 3.63) is 22.2 Å². The molecule has 3 nitrogen and oxygen atoms in total. The zero-order valence-corrected chi connectivity index (χ0v) is 11.3. The van der Waals surface area contributed by atoms with Crippen molar-refractivity contribution < 1.29 is 9.47 Å². The maximum atomic E-state index is 5.69. The molecule has 0 bridgehead atoms. The lowest BCUT2D eigenvalue weighted by atomic mass is 9.97. The van der Waals surface area contributed by atoms with Gasteiger partial charge >= 0.3 is 0 Å². The Morgan fingerprint density at radius 3 is 2.88 bits per heavy atom. The number of hydrogen-bond donors (Lipinski definition) is 1. The minimum absolute atomic E-state index is 0.439. The number of fused-ring (bicyclic) bond motifs is 1. The van der Waals surface area contributed by atoms with Gasteiger partial charge in [0.2, 0.25) is 0 Å². The molecular formula is C13H16BrNO2. The van der Waals surface area contributed by atoms with Gasteiger partial charge in [0.1, 0.15) is 13.2 Å². The minimum Gasteiger partial charge on any atom is -0.486 e. The molecule has 1 aromatic carbocycles. The highest BCUT2D eigenvalue weighted by molar-refractivity contribution is 9.10. The van der Waals surface area contributed by atoms with Crippen LogP contribution in [0.3, 0.4) is 0 Å². The fourth-order valence-corrected chi connectivity index (χ4v) is 3.20. The summed E-state index contributed by atoms with van der Waals surface area (Å²) in [6, 6.07) is 4.60. The molecule has 2 aliphatic rings. The molecule has 0 aliphatic carbocycles. The Kier molecular flexibility index (Phi) is 3.25. The van der Waals surface area contributed by atoms with Gasteiger partial charge in [0.05, 0.1) is 4.47 Å². The molecule has 0 aromatic heterocycles. The number of piperidine rings is 1. The number of halogens is 1. The van der Waals surface area contributed by atoms with Gasteiger partial charge in [0, 0.05) is 6.04 Å². The van der Waals surface area contributed by atoms with Crippen LogP contribution < -0.4 is 14.8 Å². The third kappa shape index (κ3) is 2.16. The van der Waals surface area contributed by atoms with E-state index in [0.717, 1.165) is 22.5 Å². The molecule has 2 aliphatic heterocycles. The van der Waals surface area contributed by atoms with Crippen molar-refractivity contribution in [2.24, 2.45) is 0 Å². The van der Waals surface area contributed by atoms with Crippen molar-refractivity contribution in [3.8, 4) is 11.5 Å². The van der Waals surface area contributed by atoms with E-state index in [4.69, 9.17) is 9.47 Å². The molecule has 0 spiro atoms. The Morgan fingerprint density at radius 2 is 2.06 bits per heavy atom. The Morgan fingerprint density at radius 1 is 1.18 bits per heavy atom. The molecular weight excluding hydrogens is 282 g/mol. The number of ether oxygens (including phenoxy) is 2. The van der Waals surface area contributed by atoms with Crippen LogP contribution in [0.15, 0.2) is 16.6 Å². The first-order valence-electron chi connectivity index (χ1n) is 6.17. The molecule has 0 amide bonds. The van der Waals surface area contributed by atoms with Crippen molar-refractivity contribution in [1.29, 1.82) is 0 Å². The second kappa shape index (κ2) is 4.86. The van der Waals surface area contributed by atoms with Crippen LogP contribution in [0.25, 0.3) is 0 Å². The van der Waals surface area contributed by atoms with Crippen molar-refractivity contribution in [2.45, 2.75) is 25.3 Å². The lowest BCUT2D eigenvalue weighted by molar-refractivity contribution is 0.170. The average molecular weight is 298 g/mol. The Labute approximate surface area is 110 Å². The normalized spacial score (nSPS) is 23.5. The summed E-state index contributed by atoms with van der Waals surface area (Å²) in [6.45, 7) is 2.37. The van der Waals surface area contributed by atoms with Crippen molar-refractivity contribution in [3.63, 3.8) is 0 Å². The minimum atomic E-state index is 0.439. The number of nitrogens with one attached hydrogen (secondary N) is 1. The monoisotopic (exact) mass is 297 g/mol. The van der Waals surface area contributed by atoms with Gasteiger partial charge in [0.25, 0.3) is 0 Å². The molecule has 1 saturated heterocycles. The van der Waals surface area contributed by atoms with Gasteiger partial charge < -0.3 is 14.8 Å². The molecule has 3 rings (SSSR count). The molecule has 4 heteroatoms. The van der Waals surface area contributed by atoms with E-state index in [1.165, 1.54) is 24.8 Å². The lowest BCUT2D eigenvalue weighted by Gasteiger charge is -2.27. The summed E-state index contributed by atoms with van der Waals surface area (Å²) in [5.74, 6) is 1.71. The Hall–Kier alpha value is -0.740. The topological polar surface area (TPSA) is 30.5 Å². The number of rotatable bonds is 1. The third-order valence-electron chi connectivity index (χ3n) is 3.36. The molecule has 92 valence electrons. The highest BCUT2D eigenvalue weighted by atomic mass is 79.9. The Balaban J connectivity index is 1.94. The maximum Gasteiger partial charge on any atom is 0.175 e. The highest BCUT2D eigenvalue weighted by Crippen LogP contribution is 2.42. The van der Waals surface area contributed by atoms with E-state index in [2.05, 4.69) is 27.3 Å². The van der Waals surface area contributed by atoms with Gasteiger partial charge in [0.15, 0.2) is 11.5 Å². The fraction of sp³-hybridized carbons (Fsp3) is 0.538. The van der Waals surface area contributed by atoms with Crippen LogP contribution in [0.1, 0.15) is 30.9 Å². The van der Waals surface area contributed by atoms with E-state index >= 15 is 0 Å². The van der Waals surface area contributed by atoms with E-state index in [-0.39, 0.29) is 0 Å². The molecule has 1 aromatic rings. The molecule has 2 heterocycles. The predicted octanol–water partition coefficient (Wildman–Crippen LogP) is 3.03. The van der Waals surface area contributed by atoms with Gasteiger partial charge in [-0.25, -0.2) is 0 Å². The summed E-state index contributed by atoms with van der Waals surface area (Å²) in [4.78, 5) is 0. The quantitative estimate of drug-likeness (QED) is 0.864. The van der Waals surface area contributed by atoms with E-state index in [0.29, 0.717) is 19.3 Å². The number of benzene rings is 1.